The fraction of sp³-hybridized carbons (Fsp3) is 0.231. The van der Waals surface area contributed by atoms with Gasteiger partial charge in [0.25, 0.3) is 5.91 Å². The van der Waals surface area contributed by atoms with Gasteiger partial charge in [-0.05, 0) is 12.1 Å². The molecule has 1 aliphatic heterocycles. The van der Waals surface area contributed by atoms with Crippen LogP contribution < -0.4 is 10.7 Å². The van der Waals surface area contributed by atoms with Crippen molar-refractivity contribution in [1.82, 2.24) is 5.43 Å². The molecule has 1 aromatic rings. The number of nitrogens with one attached hydrogen (secondary N) is 2. The van der Waals surface area contributed by atoms with Crippen molar-refractivity contribution in [3.63, 3.8) is 0 Å². The minimum absolute atomic E-state index is 0.000759. The molecule has 1 aliphatic rings. The molecule has 1 heterocycles. The van der Waals surface area contributed by atoms with Gasteiger partial charge in [0.15, 0.2) is 6.61 Å². The zero-order valence-corrected chi connectivity index (χ0v) is 10.9. The smallest absolute Gasteiger partial charge is 0.355 e. The molecule has 2 amide bonds. The fourth-order valence-electron chi connectivity index (χ4n) is 1.58. The third-order valence-corrected chi connectivity index (χ3v) is 2.62. The number of halogens is 1. The quantitative estimate of drug-likeness (QED) is 0.793. The second-order valence-corrected chi connectivity index (χ2v) is 4.20. The number of hydrogen-bond acceptors (Lipinski definition) is 5. The van der Waals surface area contributed by atoms with Gasteiger partial charge in [-0.1, -0.05) is 12.1 Å². The molecular weight excluding hydrogens is 281 g/mol. The lowest BCUT2D eigenvalue weighted by molar-refractivity contribution is -0.140. The van der Waals surface area contributed by atoms with Gasteiger partial charge >= 0.3 is 5.97 Å². The lowest BCUT2D eigenvalue weighted by Crippen LogP contribution is -2.32. The van der Waals surface area contributed by atoms with E-state index in [0.717, 1.165) is 0 Å². The zero-order chi connectivity index (χ0) is 15.2. The van der Waals surface area contributed by atoms with Crippen molar-refractivity contribution in [2.24, 2.45) is 5.10 Å². The van der Waals surface area contributed by atoms with Crippen LogP contribution in [0.5, 0.6) is 0 Å². The largest absolute Gasteiger partial charge is 0.451 e. The van der Waals surface area contributed by atoms with Gasteiger partial charge in [-0.2, -0.15) is 5.10 Å². The van der Waals surface area contributed by atoms with Gasteiger partial charge < -0.3 is 10.1 Å². The molecule has 0 saturated heterocycles. The number of nitrogens with zero attached hydrogens (tertiary/aromatic N) is 1. The zero-order valence-electron chi connectivity index (χ0n) is 10.9. The summed E-state index contributed by atoms with van der Waals surface area (Å²) in [5.41, 5.74) is 2.18. The maximum absolute atomic E-state index is 13.3. The topological polar surface area (TPSA) is 96.9 Å². The number of para-hydroxylation sites is 1. The molecule has 21 heavy (non-hydrogen) atoms. The average molecular weight is 293 g/mol. The van der Waals surface area contributed by atoms with Crippen molar-refractivity contribution < 1.29 is 23.5 Å². The van der Waals surface area contributed by atoms with E-state index in [1.54, 1.807) is 6.07 Å². The normalized spacial score (nSPS) is 14.0. The average Bonchev–Trinajstić information content (AvgIpc) is 2.48. The van der Waals surface area contributed by atoms with Crippen LogP contribution in [0.1, 0.15) is 12.8 Å². The summed E-state index contributed by atoms with van der Waals surface area (Å²) in [6.45, 7) is -0.569. The minimum Gasteiger partial charge on any atom is -0.451 e. The number of benzene rings is 1. The van der Waals surface area contributed by atoms with Crippen LogP contribution in [-0.4, -0.2) is 30.1 Å². The molecule has 0 fully saturated rings. The lowest BCUT2D eigenvalue weighted by atomic mass is 10.2. The van der Waals surface area contributed by atoms with E-state index in [0.29, 0.717) is 0 Å². The van der Waals surface area contributed by atoms with Gasteiger partial charge in [0, 0.05) is 12.8 Å². The first kappa shape index (κ1) is 14.6. The maximum atomic E-state index is 13.3. The Morgan fingerprint density at radius 3 is 2.76 bits per heavy atom. The van der Waals surface area contributed by atoms with Crippen molar-refractivity contribution in [3.05, 3.63) is 30.1 Å². The summed E-state index contributed by atoms with van der Waals surface area (Å²) in [7, 11) is 0. The van der Waals surface area contributed by atoms with E-state index in [1.807, 2.05) is 0 Å². The predicted octanol–water partition coefficient (Wildman–Crippen LogP) is 0.573. The molecule has 0 saturated carbocycles. The molecule has 0 bridgehead atoms. The van der Waals surface area contributed by atoms with Gasteiger partial charge in [0.2, 0.25) is 5.91 Å². The first-order chi connectivity index (χ1) is 10.1. The van der Waals surface area contributed by atoms with Crippen molar-refractivity contribution in [2.75, 3.05) is 11.9 Å². The van der Waals surface area contributed by atoms with Gasteiger partial charge in [-0.25, -0.2) is 14.6 Å². The predicted molar refractivity (Wildman–Crippen MR) is 70.8 cm³/mol. The highest BCUT2D eigenvalue weighted by Gasteiger charge is 2.20. The van der Waals surface area contributed by atoms with Crippen LogP contribution in [0.3, 0.4) is 0 Å². The van der Waals surface area contributed by atoms with Crippen molar-refractivity contribution in [2.45, 2.75) is 12.8 Å². The number of amides is 2. The number of ether oxygens (including phenoxy) is 1. The van der Waals surface area contributed by atoms with Gasteiger partial charge in [0.1, 0.15) is 11.5 Å². The van der Waals surface area contributed by atoms with E-state index < -0.39 is 24.3 Å². The first-order valence-electron chi connectivity index (χ1n) is 6.13. The second-order valence-electron chi connectivity index (χ2n) is 4.20. The Morgan fingerprint density at radius 2 is 2.10 bits per heavy atom. The van der Waals surface area contributed by atoms with E-state index in [-0.39, 0.29) is 30.1 Å². The van der Waals surface area contributed by atoms with Gasteiger partial charge in [-0.3, -0.25) is 9.59 Å². The highest BCUT2D eigenvalue weighted by atomic mass is 19.1. The Kier molecular flexibility index (Phi) is 4.60. The highest BCUT2D eigenvalue weighted by Crippen LogP contribution is 2.12. The molecule has 2 rings (SSSR count). The van der Waals surface area contributed by atoms with E-state index in [2.05, 4.69) is 15.8 Å². The van der Waals surface area contributed by atoms with E-state index >= 15 is 0 Å². The number of hydrogen-bond donors (Lipinski definition) is 2. The Balaban J connectivity index is 1.83. The molecule has 0 spiro atoms. The number of carbonyl (C=O) groups is 3. The molecule has 8 heteroatoms. The molecule has 0 unspecified atom stereocenters. The molecule has 110 valence electrons. The summed E-state index contributed by atoms with van der Waals surface area (Å²) in [6.07, 6.45) is 0.287. The fourth-order valence-corrected chi connectivity index (χ4v) is 1.58. The maximum Gasteiger partial charge on any atom is 0.355 e. The second kappa shape index (κ2) is 6.60. The third kappa shape index (κ3) is 4.10. The summed E-state index contributed by atoms with van der Waals surface area (Å²) in [5.74, 6) is -2.34. The standard InChI is InChI=1S/C13H12FN3O4/c14-8-3-1-2-4-9(8)15-12(19)7-21-13(20)10-5-6-11(18)17-16-10/h1-4H,5-7H2,(H,15,19)(H,17,18). The molecule has 1 aromatic carbocycles. The Hall–Kier alpha value is -2.77. The molecule has 2 N–H and O–H groups in total. The molecule has 0 radical (unpaired) electrons. The molecule has 0 atom stereocenters. The van der Waals surface area contributed by atoms with Crippen LogP contribution in [0.15, 0.2) is 29.4 Å². The Labute approximate surface area is 119 Å². The summed E-state index contributed by atoms with van der Waals surface area (Å²) in [5, 5.41) is 5.81. The van der Waals surface area contributed by atoms with Crippen molar-refractivity contribution >= 4 is 29.2 Å². The van der Waals surface area contributed by atoms with Crippen LogP contribution in [-0.2, 0) is 19.1 Å². The van der Waals surface area contributed by atoms with E-state index in [1.165, 1.54) is 18.2 Å². The van der Waals surface area contributed by atoms with Crippen molar-refractivity contribution in [1.29, 1.82) is 0 Å². The van der Waals surface area contributed by atoms with Crippen LogP contribution in [0.2, 0.25) is 0 Å². The van der Waals surface area contributed by atoms with Crippen LogP contribution in [0, 0.1) is 5.82 Å². The minimum atomic E-state index is -0.793. The number of hydrazone groups is 1. The SMILES string of the molecule is O=C1CCC(C(=O)OCC(=O)Nc2ccccc2F)=NN1. The number of carbonyl (C=O) groups excluding carboxylic acids is 3. The van der Waals surface area contributed by atoms with Gasteiger partial charge in [0.05, 0.1) is 5.69 Å². The number of anilines is 1. The Morgan fingerprint density at radius 1 is 1.33 bits per heavy atom. The van der Waals surface area contributed by atoms with Gasteiger partial charge in [-0.15, -0.1) is 0 Å². The summed E-state index contributed by atoms with van der Waals surface area (Å²) < 4.78 is 18.0. The molecule has 7 nitrogen and oxygen atoms in total. The first-order valence-corrected chi connectivity index (χ1v) is 6.13. The summed E-state index contributed by atoms with van der Waals surface area (Å²) >= 11 is 0. The lowest BCUT2D eigenvalue weighted by Gasteiger charge is -2.11. The Bertz CT molecular complexity index is 615. The highest BCUT2D eigenvalue weighted by molar-refractivity contribution is 6.37. The third-order valence-electron chi connectivity index (χ3n) is 2.62. The molecule has 0 aromatic heterocycles. The summed E-state index contributed by atoms with van der Waals surface area (Å²) in [4.78, 5) is 34.0. The van der Waals surface area contributed by atoms with Crippen LogP contribution in [0.25, 0.3) is 0 Å². The number of esters is 1. The summed E-state index contributed by atoms with van der Waals surface area (Å²) in [6, 6.07) is 5.63. The van der Waals surface area contributed by atoms with Crippen LogP contribution >= 0.6 is 0 Å². The molecular formula is C13H12FN3O4. The molecule has 0 aliphatic carbocycles. The monoisotopic (exact) mass is 293 g/mol. The number of rotatable bonds is 4. The van der Waals surface area contributed by atoms with E-state index in [9.17, 15) is 18.8 Å². The van der Waals surface area contributed by atoms with E-state index in [4.69, 9.17) is 4.74 Å². The van der Waals surface area contributed by atoms with Crippen LogP contribution in [0.4, 0.5) is 10.1 Å². The van der Waals surface area contributed by atoms with Crippen molar-refractivity contribution in [3.8, 4) is 0 Å².